The zero-order chi connectivity index (χ0) is 16.0. The molecule has 0 aliphatic carbocycles. The second-order valence-electron chi connectivity index (χ2n) is 4.27. The number of nitro benzene ring substituents is 1. The van der Waals surface area contributed by atoms with E-state index in [4.69, 9.17) is 5.11 Å². The molecule has 8 heteroatoms. The number of urea groups is 1. The van der Waals surface area contributed by atoms with E-state index in [1.54, 1.807) is 6.92 Å². The Morgan fingerprint density at radius 3 is 2.67 bits per heavy atom. The quantitative estimate of drug-likeness (QED) is 0.421. The largest absolute Gasteiger partial charge is 0.480 e. The summed E-state index contributed by atoms with van der Waals surface area (Å²) in [6.45, 7) is 5.01. The van der Waals surface area contributed by atoms with Gasteiger partial charge in [0, 0.05) is 17.8 Å². The molecule has 1 aromatic rings. The Morgan fingerprint density at radius 1 is 1.52 bits per heavy atom. The molecule has 0 aliphatic heterocycles. The number of carboxylic acid groups (broad SMARTS) is 1. The van der Waals surface area contributed by atoms with Crippen molar-refractivity contribution in [2.75, 3.05) is 5.32 Å². The van der Waals surface area contributed by atoms with Crippen LogP contribution in [0.15, 0.2) is 30.9 Å². The molecule has 0 spiro atoms. The molecule has 1 rings (SSSR count). The molecule has 1 aromatic carbocycles. The third-order valence-corrected chi connectivity index (χ3v) is 2.67. The van der Waals surface area contributed by atoms with E-state index in [9.17, 15) is 19.7 Å². The van der Waals surface area contributed by atoms with E-state index in [2.05, 4.69) is 17.2 Å². The number of nitrogens with one attached hydrogen (secondary N) is 2. The van der Waals surface area contributed by atoms with Crippen LogP contribution in [-0.2, 0) is 4.79 Å². The van der Waals surface area contributed by atoms with Gasteiger partial charge >= 0.3 is 12.0 Å². The van der Waals surface area contributed by atoms with E-state index in [1.807, 2.05) is 0 Å². The third kappa shape index (κ3) is 4.60. The van der Waals surface area contributed by atoms with Gasteiger partial charge in [0.15, 0.2) is 0 Å². The predicted molar refractivity (Wildman–Crippen MR) is 76.2 cm³/mol. The van der Waals surface area contributed by atoms with Crippen molar-refractivity contribution < 1.29 is 19.6 Å². The molecule has 0 fully saturated rings. The van der Waals surface area contributed by atoms with Gasteiger partial charge in [-0.05, 0) is 25.0 Å². The molecule has 0 bridgehead atoms. The van der Waals surface area contributed by atoms with Gasteiger partial charge in [-0.1, -0.05) is 6.08 Å². The summed E-state index contributed by atoms with van der Waals surface area (Å²) < 4.78 is 0. The van der Waals surface area contributed by atoms with Gasteiger partial charge < -0.3 is 15.7 Å². The van der Waals surface area contributed by atoms with Gasteiger partial charge in [-0.25, -0.2) is 9.59 Å². The first-order valence-electron chi connectivity index (χ1n) is 6.01. The summed E-state index contributed by atoms with van der Waals surface area (Å²) in [6.07, 6.45) is 1.47. The zero-order valence-corrected chi connectivity index (χ0v) is 11.3. The number of hydrogen-bond donors (Lipinski definition) is 3. The van der Waals surface area contributed by atoms with Gasteiger partial charge in [-0.2, -0.15) is 0 Å². The topological polar surface area (TPSA) is 122 Å². The third-order valence-electron chi connectivity index (χ3n) is 2.67. The average molecular weight is 293 g/mol. The van der Waals surface area contributed by atoms with Gasteiger partial charge in [0.25, 0.3) is 5.69 Å². The molecule has 0 radical (unpaired) electrons. The lowest BCUT2D eigenvalue weighted by atomic mass is 10.2. The fourth-order valence-electron chi connectivity index (χ4n) is 1.61. The first-order chi connectivity index (χ1) is 9.85. The molecule has 3 N–H and O–H groups in total. The molecule has 1 atom stereocenters. The summed E-state index contributed by atoms with van der Waals surface area (Å²) in [5.41, 5.74) is 0.768. The predicted octanol–water partition coefficient (Wildman–Crippen LogP) is 2.05. The lowest BCUT2D eigenvalue weighted by Gasteiger charge is -2.14. The summed E-state index contributed by atoms with van der Waals surface area (Å²) in [6, 6.07) is 2.16. The number of rotatable bonds is 6. The average Bonchev–Trinajstić information content (AvgIpc) is 2.40. The maximum Gasteiger partial charge on any atom is 0.326 e. The smallest absolute Gasteiger partial charge is 0.326 e. The molecule has 21 heavy (non-hydrogen) atoms. The van der Waals surface area contributed by atoms with E-state index in [-0.39, 0.29) is 12.1 Å². The van der Waals surface area contributed by atoms with Crippen molar-refractivity contribution in [3.05, 3.63) is 46.5 Å². The molecule has 112 valence electrons. The molecule has 0 saturated carbocycles. The first-order valence-corrected chi connectivity index (χ1v) is 6.01. The summed E-state index contributed by atoms with van der Waals surface area (Å²) >= 11 is 0. The summed E-state index contributed by atoms with van der Waals surface area (Å²) in [7, 11) is 0. The number of carbonyl (C=O) groups is 2. The maximum absolute atomic E-state index is 11.7. The normalized spacial score (nSPS) is 11.3. The fraction of sp³-hybridized carbons (Fsp3) is 0.231. The van der Waals surface area contributed by atoms with Gasteiger partial charge in [-0.15, -0.1) is 6.58 Å². The summed E-state index contributed by atoms with van der Waals surface area (Å²) in [5.74, 6) is -1.18. The van der Waals surface area contributed by atoms with Crippen LogP contribution in [0.2, 0.25) is 0 Å². The van der Waals surface area contributed by atoms with Crippen molar-refractivity contribution in [3.63, 3.8) is 0 Å². The van der Waals surface area contributed by atoms with Crippen molar-refractivity contribution in [1.82, 2.24) is 5.32 Å². The molecule has 2 amide bonds. The minimum Gasteiger partial charge on any atom is -0.480 e. The van der Waals surface area contributed by atoms with Crippen LogP contribution in [0.1, 0.15) is 12.0 Å². The highest BCUT2D eigenvalue weighted by Gasteiger charge is 2.18. The second kappa shape index (κ2) is 7.04. The van der Waals surface area contributed by atoms with Gasteiger partial charge in [-0.3, -0.25) is 10.1 Å². The van der Waals surface area contributed by atoms with Gasteiger partial charge in [0.1, 0.15) is 6.04 Å². The van der Waals surface area contributed by atoms with Crippen molar-refractivity contribution in [1.29, 1.82) is 0 Å². The van der Waals surface area contributed by atoms with Crippen LogP contribution in [0.25, 0.3) is 0 Å². The van der Waals surface area contributed by atoms with E-state index >= 15 is 0 Å². The number of anilines is 1. The molecule has 0 heterocycles. The van der Waals surface area contributed by atoms with Gasteiger partial charge in [0.05, 0.1) is 4.92 Å². The minimum absolute atomic E-state index is 0.0853. The standard InChI is InChI=1S/C13H15N3O5/c1-3-4-11(12(17)18)15-13(19)14-10-6-5-9(16(20)21)7-8(10)2/h3,5-7,11H,1,4H2,2H3,(H,17,18)(H2,14,15,19). The lowest BCUT2D eigenvalue weighted by Crippen LogP contribution is -2.42. The molecular weight excluding hydrogens is 278 g/mol. The number of nitrogens with zero attached hydrogens (tertiary/aromatic N) is 1. The highest BCUT2D eigenvalue weighted by Crippen LogP contribution is 2.21. The highest BCUT2D eigenvalue weighted by atomic mass is 16.6. The number of non-ortho nitro benzene ring substituents is 1. The number of carbonyl (C=O) groups excluding carboxylic acids is 1. The Hall–Kier alpha value is -2.90. The van der Waals surface area contributed by atoms with Crippen molar-refractivity contribution in [3.8, 4) is 0 Å². The van der Waals surface area contributed by atoms with E-state index in [0.29, 0.717) is 11.3 Å². The fourth-order valence-corrected chi connectivity index (χ4v) is 1.61. The number of carboxylic acids is 1. The number of nitro groups is 1. The van der Waals surface area contributed by atoms with Crippen LogP contribution >= 0.6 is 0 Å². The molecule has 0 aliphatic rings. The van der Waals surface area contributed by atoms with Gasteiger partial charge in [0.2, 0.25) is 0 Å². The van der Waals surface area contributed by atoms with Crippen molar-refractivity contribution in [2.45, 2.75) is 19.4 Å². The monoisotopic (exact) mass is 293 g/mol. The summed E-state index contributed by atoms with van der Waals surface area (Å²) in [4.78, 5) is 32.7. The molecule has 0 saturated heterocycles. The number of aliphatic carboxylic acids is 1. The number of amides is 2. The Balaban J connectivity index is 2.76. The van der Waals surface area contributed by atoms with Crippen molar-refractivity contribution >= 4 is 23.4 Å². The Bertz CT molecular complexity index is 585. The van der Waals surface area contributed by atoms with E-state index in [0.717, 1.165) is 0 Å². The van der Waals surface area contributed by atoms with Crippen molar-refractivity contribution in [2.24, 2.45) is 0 Å². The van der Waals surface area contributed by atoms with Crippen LogP contribution in [0, 0.1) is 17.0 Å². The Kier molecular flexibility index (Phi) is 5.41. The maximum atomic E-state index is 11.7. The molecule has 1 unspecified atom stereocenters. The zero-order valence-electron chi connectivity index (χ0n) is 11.3. The van der Waals surface area contributed by atoms with Crippen LogP contribution in [-0.4, -0.2) is 28.1 Å². The van der Waals surface area contributed by atoms with E-state index < -0.39 is 23.0 Å². The Morgan fingerprint density at radius 2 is 2.19 bits per heavy atom. The van der Waals surface area contributed by atoms with Crippen LogP contribution in [0.5, 0.6) is 0 Å². The van der Waals surface area contributed by atoms with Crippen LogP contribution < -0.4 is 10.6 Å². The first kappa shape index (κ1) is 16.2. The highest BCUT2D eigenvalue weighted by molar-refractivity contribution is 5.93. The molecular formula is C13H15N3O5. The Labute approximate surface area is 120 Å². The summed E-state index contributed by atoms with van der Waals surface area (Å²) in [5, 5.41) is 24.2. The number of aryl methyl sites for hydroxylation is 1. The second-order valence-corrected chi connectivity index (χ2v) is 4.27. The van der Waals surface area contributed by atoms with Crippen LogP contribution in [0.3, 0.4) is 0 Å². The van der Waals surface area contributed by atoms with E-state index in [1.165, 1.54) is 24.3 Å². The minimum atomic E-state index is -1.18. The number of benzene rings is 1. The SMILES string of the molecule is C=CCC(NC(=O)Nc1ccc([N+](=O)[O-])cc1C)C(=O)O. The molecule has 0 aromatic heterocycles. The number of hydrogen-bond acceptors (Lipinski definition) is 4. The van der Waals surface area contributed by atoms with Crippen LogP contribution in [0.4, 0.5) is 16.2 Å². The molecule has 8 nitrogen and oxygen atoms in total. The lowest BCUT2D eigenvalue weighted by molar-refractivity contribution is -0.384.